The molecule has 0 N–H and O–H groups in total. The lowest BCUT2D eigenvalue weighted by Crippen LogP contribution is -2.30. The van der Waals surface area contributed by atoms with E-state index in [2.05, 4.69) is 40.0 Å². The number of pyridine rings is 1. The van der Waals surface area contributed by atoms with Gasteiger partial charge in [0.05, 0.1) is 0 Å². The summed E-state index contributed by atoms with van der Waals surface area (Å²) < 4.78 is 11.1. The van der Waals surface area contributed by atoms with Crippen molar-refractivity contribution in [3.63, 3.8) is 0 Å². The third kappa shape index (κ3) is 3.71. The molecule has 0 spiro atoms. The summed E-state index contributed by atoms with van der Waals surface area (Å²) in [6.07, 6.45) is 5.82. The predicted molar refractivity (Wildman–Crippen MR) is 98.0 cm³/mol. The molecule has 132 valence electrons. The van der Waals surface area contributed by atoms with E-state index in [4.69, 9.17) is 9.47 Å². The van der Waals surface area contributed by atoms with Crippen LogP contribution in [0.1, 0.15) is 30.4 Å². The lowest BCUT2D eigenvalue weighted by molar-refractivity contribution is 0.172. The molecule has 0 saturated carbocycles. The van der Waals surface area contributed by atoms with Crippen LogP contribution >= 0.6 is 0 Å². The molecule has 25 heavy (non-hydrogen) atoms. The molecule has 5 nitrogen and oxygen atoms in total. The van der Waals surface area contributed by atoms with Gasteiger partial charge in [0.15, 0.2) is 11.5 Å². The van der Waals surface area contributed by atoms with Gasteiger partial charge < -0.3 is 14.4 Å². The minimum absolute atomic E-state index is 0.319. The molecule has 0 radical (unpaired) electrons. The molecule has 4 rings (SSSR count). The van der Waals surface area contributed by atoms with E-state index in [1.54, 1.807) is 0 Å². The Labute approximate surface area is 149 Å². The minimum atomic E-state index is 0.319. The van der Waals surface area contributed by atoms with Gasteiger partial charge in [0, 0.05) is 37.9 Å². The van der Waals surface area contributed by atoms with Crippen LogP contribution in [-0.2, 0) is 13.1 Å². The standard InChI is InChI=1S/C20H25N3O2/c1-22(14-17-6-5-7-18-20(17)25-15-24-18)13-16-8-9-21-19(12-16)23-10-3-2-4-11-23/h5-9,12H,2-4,10-11,13-15H2,1H3. The molecule has 2 aromatic rings. The molecule has 2 aliphatic rings. The molecule has 0 amide bonds. The Hall–Kier alpha value is -2.27. The van der Waals surface area contributed by atoms with Gasteiger partial charge in [0.2, 0.25) is 6.79 Å². The predicted octanol–water partition coefficient (Wildman–Crippen LogP) is 3.43. The molecular formula is C20H25N3O2. The average Bonchev–Trinajstić information content (AvgIpc) is 3.12. The van der Waals surface area contributed by atoms with Crippen molar-refractivity contribution in [3.8, 4) is 11.5 Å². The summed E-state index contributed by atoms with van der Waals surface area (Å²) in [4.78, 5) is 9.28. The van der Waals surface area contributed by atoms with E-state index in [0.717, 1.165) is 43.5 Å². The van der Waals surface area contributed by atoms with Gasteiger partial charge in [-0.15, -0.1) is 0 Å². The van der Waals surface area contributed by atoms with Crippen molar-refractivity contribution in [2.45, 2.75) is 32.4 Å². The summed E-state index contributed by atoms with van der Waals surface area (Å²) in [5.74, 6) is 2.85. The van der Waals surface area contributed by atoms with E-state index in [0.29, 0.717) is 6.79 Å². The zero-order chi connectivity index (χ0) is 17.1. The number of fused-ring (bicyclic) bond motifs is 1. The summed E-state index contributed by atoms with van der Waals surface area (Å²) in [6, 6.07) is 10.4. The summed E-state index contributed by atoms with van der Waals surface area (Å²) >= 11 is 0. The van der Waals surface area contributed by atoms with Gasteiger partial charge in [-0.1, -0.05) is 12.1 Å². The van der Waals surface area contributed by atoms with Gasteiger partial charge in [0.25, 0.3) is 0 Å². The highest BCUT2D eigenvalue weighted by atomic mass is 16.7. The average molecular weight is 339 g/mol. The van der Waals surface area contributed by atoms with Crippen LogP contribution in [0.4, 0.5) is 5.82 Å². The molecule has 0 atom stereocenters. The number of piperidine rings is 1. The Morgan fingerprint density at radius 1 is 1.08 bits per heavy atom. The highest BCUT2D eigenvalue weighted by Crippen LogP contribution is 2.35. The Kier molecular flexibility index (Phi) is 4.74. The molecule has 5 heteroatoms. The second-order valence-corrected chi connectivity index (χ2v) is 6.89. The van der Waals surface area contributed by atoms with Crippen LogP contribution in [-0.4, -0.2) is 36.8 Å². The monoisotopic (exact) mass is 339 g/mol. The molecule has 1 fully saturated rings. The van der Waals surface area contributed by atoms with Crippen molar-refractivity contribution < 1.29 is 9.47 Å². The number of nitrogens with zero attached hydrogens (tertiary/aromatic N) is 3. The quantitative estimate of drug-likeness (QED) is 0.834. The van der Waals surface area contributed by atoms with Crippen molar-refractivity contribution in [2.24, 2.45) is 0 Å². The summed E-state index contributed by atoms with van der Waals surface area (Å²) in [7, 11) is 2.14. The first kappa shape index (κ1) is 16.2. The Bertz CT molecular complexity index is 729. The first-order valence-corrected chi connectivity index (χ1v) is 9.05. The van der Waals surface area contributed by atoms with Crippen LogP contribution in [0.25, 0.3) is 0 Å². The minimum Gasteiger partial charge on any atom is -0.454 e. The lowest BCUT2D eigenvalue weighted by atomic mass is 10.1. The number of hydrogen-bond acceptors (Lipinski definition) is 5. The number of rotatable bonds is 5. The number of anilines is 1. The topological polar surface area (TPSA) is 37.8 Å². The summed E-state index contributed by atoms with van der Waals surface area (Å²) in [5, 5.41) is 0. The normalized spacial score (nSPS) is 16.5. The van der Waals surface area contributed by atoms with E-state index in [1.165, 1.54) is 30.4 Å². The highest BCUT2D eigenvalue weighted by Gasteiger charge is 2.18. The second kappa shape index (κ2) is 7.31. The fourth-order valence-electron chi connectivity index (χ4n) is 3.63. The SMILES string of the molecule is CN(Cc1ccnc(N2CCCCC2)c1)Cc1cccc2c1OCO2. The zero-order valence-electron chi connectivity index (χ0n) is 14.8. The molecule has 3 heterocycles. The van der Waals surface area contributed by atoms with Gasteiger partial charge in [-0.2, -0.15) is 0 Å². The maximum absolute atomic E-state index is 5.61. The van der Waals surface area contributed by atoms with Crippen LogP contribution in [0, 0.1) is 0 Å². The summed E-state index contributed by atoms with van der Waals surface area (Å²) in [5.41, 5.74) is 2.46. The maximum Gasteiger partial charge on any atom is 0.231 e. The van der Waals surface area contributed by atoms with Crippen molar-refractivity contribution >= 4 is 5.82 Å². The number of aromatic nitrogens is 1. The number of hydrogen-bond donors (Lipinski definition) is 0. The van der Waals surface area contributed by atoms with Crippen LogP contribution in [0.15, 0.2) is 36.5 Å². The van der Waals surface area contributed by atoms with Crippen molar-refractivity contribution in [1.82, 2.24) is 9.88 Å². The Morgan fingerprint density at radius 2 is 1.96 bits per heavy atom. The Balaban J connectivity index is 1.42. The van der Waals surface area contributed by atoms with Gasteiger partial charge in [0.1, 0.15) is 5.82 Å². The van der Waals surface area contributed by atoms with E-state index < -0.39 is 0 Å². The van der Waals surface area contributed by atoms with E-state index in [-0.39, 0.29) is 0 Å². The van der Waals surface area contributed by atoms with Crippen LogP contribution < -0.4 is 14.4 Å². The Morgan fingerprint density at radius 3 is 2.84 bits per heavy atom. The van der Waals surface area contributed by atoms with Crippen molar-refractivity contribution in [3.05, 3.63) is 47.7 Å². The zero-order valence-corrected chi connectivity index (χ0v) is 14.8. The molecule has 0 unspecified atom stereocenters. The second-order valence-electron chi connectivity index (χ2n) is 6.89. The third-order valence-electron chi connectivity index (χ3n) is 4.86. The molecule has 1 aromatic heterocycles. The smallest absolute Gasteiger partial charge is 0.231 e. The van der Waals surface area contributed by atoms with Gasteiger partial charge in [-0.3, -0.25) is 4.90 Å². The van der Waals surface area contributed by atoms with Gasteiger partial charge >= 0.3 is 0 Å². The van der Waals surface area contributed by atoms with Gasteiger partial charge in [-0.05, 0) is 50.1 Å². The van der Waals surface area contributed by atoms with Crippen LogP contribution in [0.3, 0.4) is 0 Å². The largest absolute Gasteiger partial charge is 0.454 e. The fraction of sp³-hybridized carbons (Fsp3) is 0.450. The summed E-state index contributed by atoms with van der Waals surface area (Å²) in [6.45, 7) is 4.28. The molecule has 1 aromatic carbocycles. The van der Waals surface area contributed by atoms with E-state index in [9.17, 15) is 0 Å². The lowest BCUT2D eigenvalue weighted by Gasteiger charge is -2.28. The first-order chi connectivity index (χ1) is 12.3. The van der Waals surface area contributed by atoms with Crippen molar-refractivity contribution in [1.29, 1.82) is 0 Å². The highest BCUT2D eigenvalue weighted by molar-refractivity contribution is 5.48. The number of para-hydroxylation sites is 1. The third-order valence-corrected chi connectivity index (χ3v) is 4.86. The molecule has 2 aliphatic heterocycles. The van der Waals surface area contributed by atoms with Crippen molar-refractivity contribution in [2.75, 3.05) is 31.8 Å². The molecule has 0 bridgehead atoms. The number of ether oxygens (including phenoxy) is 2. The fourth-order valence-corrected chi connectivity index (χ4v) is 3.63. The first-order valence-electron chi connectivity index (χ1n) is 9.05. The molecular weight excluding hydrogens is 314 g/mol. The van der Waals surface area contributed by atoms with E-state index >= 15 is 0 Å². The van der Waals surface area contributed by atoms with E-state index in [1.807, 2.05) is 18.3 Å². The molecule has 0 aliphatic carbocycles. The van der Waals surface area contributed by atoms with Crippen LogP contribution in [0.2, 0.25) is 0 Å². The molecule has 1 saturated heterocycles. The van der Waals surface area contributed by atoms with Crippen LogP contribution in [0.5, 0.6) is 11.5 Å². The maximum atomic E-state index is 5.61. The number of benzene rings is 1. The van der Waals surface area contributed by atoms with Gasteiger partial charge in [-0.25, -0.2) is 4.98 Å².